The van der Waals surface area contributed by atoms with Crippen molar-refractivity contribution in [1.29, 1.82) is 0 Å². The van der Waals surface area contributed by atoms with Crippen LogP contribution in [-0.2, 0) is 16.1 Å². The van der Waals surface area contributed by atoms with Gasteiger partial charge in [-0.25, -0.2) is 14.0 Å². The zero-order valence-electron chi connectivity index (χ0n) is 16.4. The van der Waals surface area contributed by atoms with Gasteiger partial charge in [-0.2, -0.15) is 0 Å². The van der Waals surface area contributed by atoms with Crippen molar-refractivity contribution >= 4 is 23.9 Å². The molecule has 0 radical (unpaired) electrons. The van der Waals surface area contributed by atoms with Crippen LogP contribution in [0.2, 0.25) is 0 Å². The fourth-order valence-electron chi connectivity index (χ4n) is 4.08. The van der Waals surface area contributed by atoms with E-state index >= 15 is 0 Å². The number of carbonyl (C=O) groups excluding carboxylic acids is 3. The lowest BCUT2D eigenvalue weighted by atomic mass is 9.94. The number of amides is 3. The molecule has 9 heteroatoms. The molecule has 1 saturated heterocycles. The van der Waals surface area contributed by atoms with Crippen LogP contribution in [0.15, 0.2) is 54.6 Å². The van der Waals surface area contributed by atoms with E-state index in [0.717, 1.165) is 4.90 Å². The average Bonchev–Trinajstić information content (AvgIpc) is 3.23. The van der Waals surface area contributed by atoms with E-state index in [1.807, 2.05) is 0 Å². The van der Waals surface area contributed by atoms with Crippen molar-refractivity contribution in [1.82, 2.24) is 9.80 Å². The molecule has 1 N–H and O–H groups in total. The number of carboxylic acid groups (broad SMARTS) is 1. The molecule has 0 bridgehead atoms. The maximum absolute atomic E-state index is 14.4. The number of rotatable bonds is 5. The summed E-state index contributed by atoms with van der Waals surface area (Å²) in [5.74, 6) is -2.33. The van der Waals surface area contributed by atoms with Gasteiger partial charge in [-0.1, -0.05) is 42.5 Å². The maximum atomic E-state index is 14.4. The van der Waals surface area contributed by atoms with Crippen LogP contribution in [-0.4, -0.2) is 63.6 Å². The minimum absolute atomic E-state index is 0.150. The Labute approximate surface area is 176 Å². The molecule has 3 amide bonds. The molecular formula is C22H19FN2O6. The molecule has 4 rings (SSSR count). The molecule has 8 nitrogen and oxygen atoms in total. The van der Waals surface area contributed by atoms with Gasteiger partial charge >= 0.3 is 12.1 Å². The molecule has 2 heterocycles. The molecule has 1 fully saturated rings. The van der Waals surface area contributed by atoms with Gasteiger partial charge in [-0.05, 0) is 17.7 Å². The van der Waals surface area contributed by atoms with Gasteiger partial charge in [0.2, 0.25) is 0 Å². The average molecular weight is 426 g/mol. The second-order valence-electron chi connectivity index (χ2n) is 7.53. The first-order chi connectivity index (χ1) is 14.8. The molecule has 0 aromatic heterocycles. The molecule has 2 atom stereocenters. The van der Waals surface area contributed by atoms with Crippen molar-refractivity contribution in [3.63, 3.8) is 0 Å². The summed E-state index contributed by atoms with van der Waals surface area (Å²) in [6.07, 6.45) is -3.69. The number of hydrogen-bond donors (Lipinski definition) is 1. The highest BCUT2D eigenvalue weighted by Gasteiger charge is 2.58. The first kappa shape index (κ1) is 20.5. The van der Waals surface area contributed by atoms with Crippen LogP contribution in [0.4, 0.5) is 9.18 Å². The van der Waals surface area contributed by atoms with Crippen molar-refractivity contribution in [3.05, 3.63) is 71.3 Å². The minimum atomic E-state index is -2.03. The monoisotopic (exact) mass is 426 g/mol. The number of imide groups is 1. The summed E-state index contributed by atoms with van der Waals surface area (Å²) in [7, 11) is 0. The fraction of sp³-hybridized carbons (Fsp3) is 0.273. The van der Waals surface area contributed by atoms with Crippen LogP contribution in [0.3, 0.4) is 0 Å². The number of hydrogen-bond acceptors (Lipinski definition) is 5. The molecule has 160 valence electrons. The summed E-state index contributed by atoms with van der Waals surface area (Å²) >= 11 is 0. The summed E-state index contributed by atoms with van der Waals surface area (Å²) < 4.78 is 19.7. The Morgan fingerprint density at radius 1 is 1.03 bits per heavy atom. The largest absolute Gasteiger partial charge is 0.465 e. The van der Waals surface area contributed by atoms with E-state index in [-0.39, 0.29) is 17.7 Å². The van der Waals surface area contributed by atoms with Crippen LogP contribution in [0.1, 0.15) is 32.7 Å². The van der Waals surface area contributed by atoms with Crippen LogP contribution >= 0.6 is 0 Å². The summed E-state index contributed by atoms with van der Waals surface area (Å²) in [6, 6.07) is 14.8. The van der Waals surface area contributed by atoms with Gasteiger partial charge in [0.15, 0.2) is 5.54 Å². The van der Waals surface area contributed by atoms with E-state index in [4.69, 9.17) is 4.74 Å². The smallest absolute Gasteiger partial charge is 0.408 e. The van der Waals surface area contributed by atoms with E-state index in [1.54, 1.807) is 42.5 Å². The van der Waals surface area contributed by atoms with Gasteiger partial charge in [0.25, 0.3) is 11.8 Å². The molecule has 0 spiro atoms. The van der Waals surface area contributed by atoms with Crippen molar-refractivity contribution in [3.8, 4) is 0 Å². The van der Waals surface area contributed by atoms with E-state index in [1.165, 1.54) is 12.1 Å². The molecule has 2 aromatic carbocycles. The van der Waals surface area contributed by atoms with Gasteiger partial charge in [0.05, 0.1) is 24.2 Å². The Morgan fingerprint density at radius 2 is 1.61 bits per heavy atom. The van der Waals surface area contributed by atoms with Gasteiger partial charge in [-0.3, -0.25) is 19.4 Å². The lowest BCUT2D eigenvalue weighted by Crippen LogP contribution is -2.60. The predicted molar refractivity (Wildman–Crippen MR) is 105 cm³/mol. The lowest BCUT2D eigenvalue weighted by molar-refractivity contribution is -0.157. The van der Waals surface area contributed by atoms with Crippen LogP contribution < -0.4 is 0 Å². The number of benzene rings is 2. The van der Waals surface area contributed by atoms with Gasteiger partial charge < -0.3 is 9.84 Å². The van der Waals surface area contributed by atoms with E-state index in [0.29, 0.717) is 10.5 Å². The van der Waals surface area contributed by atoms with Gasteiger partial charge in [-0.15, -0.1) is 0 Å². The van der Waals surface area contributed by atoms with Crippen molar-refractivity contribution in [2.45, 2.75) is 24.7 Å². The molecule has 2 aliphatic heterocycles. The number of nitrogens with zero attached hydrogens (tertiary/aromatic N) is 2. The second kappa shape index (κ2) is 7.82. The van der Waals surface area contributed by atoms with Crippen LogP contribution in [0, 0.1) is 0 Å². The Bertz CT molecular complexity index is 1020. The zero-order chi connectivity index (χ0) is 22.2. The van der Waals surface area contributed by atoms with Gasteiger partial charge in [0.1, 0.15) is 12.8 Å². The highest BCUT2D eigenvalue weighted by molar-refractivity contribution is 6.21. The Morgan fingerprint density at radius 3 is 2.19 bits per heavy atom. The van der Waals surface area contributed by atoms with Crippen molar-refractivity contribution in [2.75, 3.05) is 13.1 Å². The number of likely N-dealkylation sites (tertiary alicyclic amines) is 1. The molecule has 2 aliphatic rings. The topological polar surface area (TPSA) is 104 Å². The van der Waals surface area contributed by atoms with Crippen molar-refractivity contribution in [2.24, 2.45) is 0 Å². The first-order valence-corrected chi connectivity index (χ1v) is 9.64. The Kier molecular flexibility index (Phi) is 5.18. The minimum Gasteiger partial charge on any atom is -0.465 e. The van der Waals surface area contributed by atoms with E-state index in [9.17, 15) is 28.7 Å². The summed E-state index contributed by atoms with van der Waals surface area (Å²) in [6.45, 7) is -1.34. The molecule has 2 aromatic rings. The number of alkyl halides is 1. The predicted octanol–water partition coefficient (Wildman–Crippen LogP) is 2.49. The highest BCUT2D eigenvalue weighted by Crippen LogP contribution is 2.36. The SMILES string of the molecule is O=C1c2ccccc2C(=O)N1C[C@]1(C(=O)OCc2ccccc2)CC(F)CN1C(=O)O. The van der Waals surface area contributed by atoms with Crippen LogP contribution in [0.5, 0.6) is 0 Å². The zero-order valence-corrected chi connectivity index (χ0v) is 16.4. The number of halogens is 1. The second-order valence-corrected chi connectivity index (χ2v) is 7.53. The third kappa shape index (κ3) is 3.52. The molecule has 0 saturated carbocycles. The number of esters is 1. The molecular weight excluding hydrogens is 407 g/mol. The number of carbonyl (C=O) groups is 4. The first-order valence-electron chi connectivity index (χ1n) is 9.64. The van der Waals surface area contributed by atoms with Gasteiger partial charge in [0, 0.05) is 6.42 Å². The molecule has 31 heavy (non-hydrogen) atoms. The van der Waals surface area contributed by atoms with Crippen LogP contribution in [0.25, 0.3) is 0 Å². The molecule has 1 unspecified atom stereocenters. The third-order valence-corrected chi connectivity index (χ3v) is 5.58. The Hall–Kier alpha value is -3.75. The Balaban J connectivity index is 1.65. The quantitative estimate of drug-likeness (QED) is 0.582. The van der Waals surface area contributed by atoms with Crippen molar-refractivity contribution < 1.29 is 33.4 Å². The highest BCUT2D eigenvalue weighted by atomic mass is 19.1. The number of fused-ring (bicyclic) bond motifs is 1. The summed E-state index contributed by atoms with van der Waals surface area (Å²) in [5.41, 5.74) is -1.08. The normalized spacial score (nSPS) is 22.5. The number of ether oxygens (including phenoxy) is 1. The van der Waals surface area contributed by atoms with E-state index in [2.05, 4.69) is 0 Å². The lowest BCUT2D eigenvalue weighted by Gasteiger charge is -2.36. The summed E-state index contributed by atoms with van der Waals surface area (Å²) in [5, 5.41) is 9.64. The van der Waals surface area contributed by atoms with E-state index < -0.39 is 55.1 Å². The maximum Gasteiger partial charge on any atom is 0.408 e. The third-order valence-electron chi connectivity index (χ3n) is 5.58. The standard InChI is InChI=1S/C22H19FN2O6/c23-15-10-22(25(11-15)21(29)30,20(28)31-12-14-6-2-1-3-7-14)13-24-18(26)16-8-4-5-9-17(16)19(24)27/h1-9,15H,10-13H2,(H,29,30)/t15?,22-/m0/s1. The fourth-order valence-corrected chi connectivity index (χ4v) is 4.08. The molecule has 0 aliphatic carbocycles. The summed E-state index contributed by atoms with van der Waals surface area (Å²) in [4.78, 5) is 52.0.